The number of benzene rings is 2. The zero-order valence-corrected chi connectivity index (χ0v) is 12.7. The summed E-state index contributed by atoms with van der Waals surface area (Å²) in [6.07, 6.45) is 0. The van der Waals surface area contributed by atoms with Crippen LogP contribution in [0.1, 0.15) is 15.9 Å². The van der Waals surface area contributed by atoms with Crippen LogP contribution < -0.4 is 15.2 Å². The van der Waals surface area contributed by atoms with E-state index in [9.17, 15) is 4.79 Å². The minimum atomic E-state index is -0.163. The quantitative estimate of drug-likeness (QED) is 0.688. The lowest BCUT2D eigenvalue weighted by molar-refractivity contribution is 0.103. The third-order valence-corrected chi connectivity index (χ3v) is 3.58. The summed E-state index contributed by atoms with van der Waals surface area (Å²) in [4.78, 5) is 12.6. The average molecular weight is 336 g/mol. The van der Waals surface area contributed by atoms with Gasteiger partial charge < -0.3 is 15.2 Å². The van der Waals surface area contributed by atoms with Gasteiger partial charge in [0.05, 0.1) is 19.8 Å². The Morgan fingerprint density at radius 2 is 1.80 bits per heavy atom. The van der Waals surface area contributed by atoms with Gasteiger partial charge in [0.25, 0.3) is 0 Å². The molecule has 0 bridgehead atoms. The molecule has 0 saturated carbocycles. The summed E-state index contributed by atoms with van der Waals surface area (Å²) in [5, 5.41) is 0. The third-order valence-electron chi connectivity index (χ3n) is 2.89. The largest absolute Gasteiger partial charge is 0.497 e. The van der Waals surface area contributed by atoms with Gasteiger partial charge in [0.2, 0.25) is 0 Å². The van der Waals surface area contributed by atoms with Crippen LogP contribution in [0.25, 0.3) is 0 Å². The maximum atomic E-state index is 12.6. The molecule has 20 heavy (non-hydrogen) atoms. The molecule has 0 amide bonds. The molecule has 0 heterocycles. The second-order valence-corrected chi connectivity index (χ2v) is 4.99. The maximum absolute atomic E-state index is 12.6. The van der Waals surface area contributed by atoms with Crippen LogP contribution in [-0.2, 0) is 0 Å². The number of halogens is 1. The molecule has 2 N–H and O–H groups in total. The van der Waals surface area contributed by atoms with Crippen molar-refractivity contribution in [2.24, 2.45) is 0 Å². The number of ketones is 1. The summed E-state index contributed by atoms with van der Waals surface area (Å²) < 4.78 is 11.1. The summed E-state index contributed by atoms with van der Waals surface area (Å²) in [7, 11) is 3.07. The lowest BCUT2D eigenvalue weighted by atomic mass is 10.0. The Morgan fingerprint density at radius 1 is 1.05 bits per heavy atom. The van der Waals surface area contributed by atoms with Gasteiger partial charge in [-0.3, -0.25) is 4.79 Å². The Kier molecular flexibility index (Phi) is 4.29. The van der Waals surface area contributed by atoms with E-state index < -0.39 is 0 Å². The highest BCUT2D eigenvalue weighted by atomic mass is 79.9. The van der Waals surface area contributed by atoms with Crippen LogP contribution in [0.4, 0.5) is 5.69 Å². The number of nitrogens with two attached hydrogens (primary N) is 1. The smallest absolute Gasteiger partial charge is 0.197 e. The Hall–Kier alpha value is -2.01. The Morgan fingerprint density at radius 3 is 2.45 bits per heavy atom. The summed E-state index contributed by atoms with van der Waals surface area (Å²) in [6.45, 7) is 0. The van der Waals surface area contributed by atoms with Crippen molar-refractivity contribution in [2.75, 3.05) is 20.0 Å². The molecule has 0 unspecified atom stereocenters. The zero-order valence-electron chi connectivity index (χ0n) is 11.1. The van der Waals surface area contributed by atoms with Crippen molar-refractivity contribution >= 4 is 27.4 Å². The van der Waals surface area contributed by atoms with E-state index in [2.05, 4.69) is 15.9 Å². The van der Waals surface area contributed by atoms with Crippen LogP contribution in [0.5, 0.6) is 11.5 Å². The Balaban J connectivity index is 2.50. The predicted octanol–water partition coefficient (Wildman–Crippen LogP) is 3.28. The standard InChI is InChI=1S/C15H14BrNO3/c1-19-10-4-5-11(14(8-10)20-2)15(18)12-7-9(17)3-6-13(12)16/h3-8H,17H2,1-2H3. The van der Waals surface area contributed by atoms with Crippen molar-refractivity contribution in [3.05, 3.63) is 52.0 Å². The first kappa shape index (κ1) is 14.4. The normalized spacial score (nSPS) is 10.2. The van der Waals surface area contributed by atoms with Crippen molar-refractivity contribution in [2.45, 2.75) is 0 Å². The second-order valence-electron chi connectivity index (χ2n) is 4.13. The summed E-state index contributed by atoms with van der Waals surface area (Å²) >= 11 is 3.36. The molecule has 0 saturated heterocycles. The van der Waals surface area contributed by atoms with Gasteiger partial charge in [-0.25, -0.2) is 0 Å². The molecular formula is C15H14BrNO3. The van der Waals surface area contributed by atoms with Gasteiger partial charge in [0.15, 0.2) is 5.78 Å². The number of nitrogen functional groups attached to an aromatic ring is 1. The van der Waals surface area contributed by atoms with E-state index >= 15 is 0 Å². The van der Waals surface area contributed by atoms with Crippen LogP contribution >= 0.6 is 15.9 Å². The molecule has 0 aliphatic heterocycles. The molecule has 0 radical (unpaired) electrons. The molecule has 2 aromatic carbocycles. The molecule has 2 aromatic rings. The van der Waals surface area contributed by atoms with Crippen LogP contribution in [0, 0.1) is 0 Å². The van der Waals surface area contributed by atoms with Crippen molar-refractivity contribution in [3.8, 4) is 11.5 Å². The summed E-state index contributed by atoms with van der Waals surface area (Å²) in [5.41, 5.74) is 7.22. The summed E-state index contributed by atoms with van der Waals surface area (Å²) in [6, 6.07) is 10.2. The van der Waals surface area contributed by atoms with Crippen LogP contribution in [0.2, 0.25) is 0 Å². The number of carbonyl (C=O) groups is 1. The number of carbonyl (C=O) groups excluding carboxylic acids is 1. The van der Waals surface area contributed by atoms with E-state index in [0.717, 1.165) is 0 Å². The van der Waals surface area contributed by atoms with Gasteiger partial charge >= 0.3 is 0 Å². The molecule has 0 aromatic heterocycles. The predicted molar refractivity (Wildman–Crippen MR) is 81.5 cm³/mol. The van der Waals surface area contributed by atoms with Gasteiger partial charge in [-0.1, -0.05) is 15.9 Å². The number of rotatable bonds is 4. The lowest BCUT2D eigenvalue weighted by Crippen LogP contribution is -2.06. The number of hydrogen-bond donors (Lipinski definition) is 1. The fraction of sp³-hybridized carbons (Fsp3) is 0.133. The fourth-order valence-electron chi connectivity index (χ4n) is 1.85. The SMILES string of the molecule is COc1ccc(C(=O)c2cc(N)ccc2Br)c(OC)c1. The van der Waals surface area contributed by atoms with Crippen LogP contribution in [-0.4, -0.2) is 20.0 Å². The molecule has 0 atom stereocenters. The highest BCUT2D eigenvalue weighted by molar-refractivity contribution is 9.10. The number of hydrogen-bond acceptors (Lipinski definition) is 4. The number of anilines is 1. The maximum Gasteiger partial charge on any atom is 0.197 e. The first-order chi connectivity index (χ1) is 9.56. The third kappa shape index (κ3) is 2.77. The first-order valence-electron chi connectivity index (χ1n) is 5.88. The minimum Gasteiger partial charge on any atom is -0.497 e. The van der Waals surface area contributed by atoms with Crippen molar-refractivity contribution in [1.29, 1.82) is 0 Å². The topological polar surface area (TPSA) is 61.5 Å². The molecule has 0 aliphatic rings. The van der Waals surface area contributed by atoms with Crippen LogP contribution in [0.15, 0.2) is 40.9 Å². The number of ether oxygens (including phenoxy) is 2. The molecule has 4 nitrogen and oxygen atoms in total. The van der Waals surface area contributed by atoms with Gasteiger partial charge in [0.1, 0.15) is 11.5 Å². The van der Waals surface area contributed by atoms with E-state index in [-0.39, 0.29) is 5.78 Å². The van der Waals surface area contributed by atoms with Gasteiger partial charge in [0, 0.05) is 21.8 Å². The first-order valence-corrected chi connectivity index (χ1v) is 6.68. The van der Waals surface area contributed by atoms with Gasteiger partial charge in [-0.15, -0.1) is 0 Å². The van der Waals surface area contributed by atoms with E-state index in [1.54, 1.807) is 43.5 Å². The minimum absolute atomic E-state index is 0.163. The molecule has 104 valence electrons. The van der Waals surface area contributed by atoms with E-state index in [0.29, 0.717) is 32.8 Å². The Bertz CT molecular complexity index is 656. The van der Waals surface area contributed by atoms with Crippen molar-refractivity contribution < 1.29 is 14.3 Å². The van der Waals surface area contributed by atoms with Crippen molar-refractivity contribution in [3.63, 3.8) is 0 Å². The lowest BCUT2D eigenvalue weighted by Gasteiger charge is -2.11. The molecular weight excluding hydrogens is 322 g/mol. The van der Waals surface area contributed by atoms with E-state index in [1.165, 1.54) is 7.11 Å². The molecule has 0 fully saturated rings. The fourth-order valence-corrected chi connectivity index (χ4v) is 2.27. The van der Waals surface area contributed by atoms with Crippen LogP contribution in [0.3, 0.4) is 0 Å². The Labute approximate surface area is 125 Å². The molecule has 5 heteroatoms. The monoisotopic (exact) mass is 335 g/mol. The zero-order chi connectivity index (χ0) is 14.7. The van der Waals surface area contributed by atoms with Gasteiger partial charge in [-0.2, -0.15) is 0 Å². The highest BCUT2D eigenvalue weighted by Gasteiger charge is 2.18. The molecule has 0 spiro atoms. The highest BCUT2D eigenvalue weighted by Crippen LogP contribution is 2.29. The van der Waals surface area contributed by atoms with Crippen molar-refractivity contribution in [1.82, 2.24) is 0 Å². The number of methoxy groups -OCH3 is 2. The van der Waals surface area contributed by atoms with E-state index in [4.69, 9.17) is 15.2 Å². The van der Waals surface area contributed by atoms with Gasteiger partial charge in [-0.05, 0) is 30.3 Å². The molecule has 0 aliphatic carbocycles. The molecule has 2 rings (SSSR count). The average Bonchev–Trinajstić information content (AvgIpc) is 2.48. The summed E-state index contributed by atoms with van der Waals surface area (Å²) in [5.74, 6) is 0.928. The second kappa shape index (κ2) is 5.96. The van der Waals surface area contributed by atoms with E-state index in [1.807, 2.05) is 0 Å².